The number of nitrogens with two attached hydrogens (primary N) is 1. The number of anilines is 4. The molecule has 1 aromatic heterocycles. The summed E-state index contributed by atoms with van der Waals surface area (Å²) < 4.78 is 0. The van der Waals surface area contributed by atoms with Crippen LogP contribution in [0.1, 0.15) is 29.6 Å². The summed E-state index contributed by atoms with van der Waals surface area (Å²) in [7, 11) is 1.67. The number of hydrogen-bond acceptors (Lipinski definition) is 7. The van der Waals surface area contributed by atoms with Gasteiger partial charge in [-0.3, -0.25) is 9.59 Å². The highest BCUT2D eigenvalue weighted by molar-refractivity contribution is 5.97. The maximum absolute atomic E-state index is 12.2. The Kier molecular flexibility index (Phi) is 6.70. The summed E-state index contributed by atoms with van der Waals surface area (Å²) in [4.78, 5) is 34.3. The van der Waals surface area contributed by atoms with E-state index in [4.69, 9.17) is 12.2 Å². The molecular formula is C21H25N7O2. The van der Waals surface area contributed by atoms with E-state index in [0.29, 0.717) is 5.95 Å². The second kappa shape index (κ2) is 9.60. The van der Waals surface area contributed by atoms with Crippen LogP contribution < -0.4 is 26.6 Å². The van der Waals surface area contributed by atoms with Crippen LogP contribution in [0.3, 0.4) is 0 Å². The van der Waals surface area contributed by atoms with Crippen molar-refractivity contribution in [3.05, 3.63) is 36.0 Å². The van der Waals surface area contributed by atoms with Gasteiger partial charge in [-0.05, 0) is 43.5 Å². The number of hydrogen-bond donors (Lipinski definition) is 4. The Hall–Kier alpha value is -3.80. The summed E-state index contributed by atoms with van der Waals surface area (Å²) in [5.41, 5.74) is 7.27. The van der Waals surface area contributed by atoms with Crippen LogP contribution in [-0.4, -0.2) is 48.0 Å². The summed E-state index contributed by atoms with van der Waals surface area (Å²) in [6.07, 6.45) is 9.56. The van der Waals surface area contributed by atoms with Crippen molar-refractivity contribution in [1.82, 2.24) is 15.3 Å². The fourth-order valence-electron chi connectivity index (χ4n) is 3.44. The number of terminal acetylenes is 1. The largest absolute Gasteiger partial charge is 0.365 e. The smallest absolute Gasteiger partial charge is 0.254 e. The van der Waals surface area contributed by atoms with Gasteiger partial charge < -0.3 is 26.6 Å². The van der Waals surface area contributed by atoms with E-state index in [2.05, 4.69) is 36.7 Å². The van der Waals surface area contributed by atoms with Gasteiger partial charge in [0, 0.05) is 31.2 Å². The number of amides is 2. The van der Waals surface area contributed by atoms with Crippen LogP contribution in [0.25, 0.3) is 0 Å². The molecule has 9 nitrogen and oxygen atoms in total. The van der Waals surface area contributed by atoms with Gasteiger partial charge in [0.2, 0.25) is 11.9 Å². The van der Waals surface area contributed by atoms with Gasteiger partial charge in [0.1, 0.15) is 11.9 Å². The SMILES string of the molecule is C#CCNc1nc(Nc2ccc(N3CCCCC3C(=O)NC)cc2)ncc1C(N)=O. The number of piperidine rings is 1. The molecule has 0 spiro atoms. The fourth-order valence-corrected chi connectivity index (χ4v) is 3.44. The number of nitrogens with zero attached hydrogens (tertiary/aromatic N) is 3. The van der Waals surface area contributed by atoms with Crippen LogP contribution in [0.5, 0.6) is 0 Å². The highest BCUT2D eigenvalue weighted by Gasteiger charge is 2.28. The molecule has 2 aromatic rings. The predicted octanol–water partition coefficient (Wildman–Crippen LogP) is 1.47. The highest BCUT2D eigenvalue weighted by Crippen LogP contribution is 2.27. The number of nitrogens with one attached hydrogen (secondary N) is 3. The maximum Gasteiger partial charge on any atom is 0.254 e. The molecule has 156 valence electrons. The van der Waals surface area contributed by atoms with E-state index in [9.17, 15) is 9.59 Å². The van der Waals surface area contributed by atoms with E-state index in [1.165, 1.54) is 6.20 Å². The lowest BCUT2D eigenvalue weighted by Crippen LogP contribution is -2.48. The van der Waals surface area contributed by atoms with Crippen LogP contribution >= 0.6 is 0 Å². The highest BCUT2D eigenvalue weighted by atomic mass is 16.2. The lowest BCUT2D eigenvalue weighted by Gasteiger charge is -2.36. The molecule has 2 amide bonds. The zero-order valence-corrected chi connectivity index (χ0v) is 16.8. The average Bonchev–Trinajstić information content (AvgIpc) is 2.77. The van der Waals surface area contributed by atoms with Crippen LogP contribution in [0.15, 0.2) is 30.5 Å². The van der Waals surface area contributed by atoms with E-state index >= 15 is 0 Å². The van der Waals surface area contributed by atoms with Gasteiger partial charge in [0.25, 0.3) is 5.91 Å². The minimum absolute atomic E-state index is 0.0341. The molecule has 5 N–H and O–H groups in total. The van der Waals surface area contributed by atoms with Gasteiger partial charge in [0.05, 0.1) is 12.1 Å². The molecule has 30 heavy (non-hydrogen) atoms. The van der Waals surface area contributed by atoms with Gasteiger partial charge in [0.15, 0.2) is 0 Å². The van der Waals surface area contributed by atoms with E-state index in [0.717, 1.165) is 37.2 Å². The van der Waals surface area contributed by atoms with Crippen molar-refractivity contribution in [1.29, 1.82) is 0 Å². The molecule has 1 fully saturated rings. The quantitative estimate of drug-likeness (QED) is 0.512. The third-order valence-corrected chi connectivity index (χ3v) is 4.92. The number of carbonyl (C=O) groups excluding carboxylic acids is 2. The molecule has 1 unspecified atom stereocenters. The first-order chi connectivity index (χ1) is 14.5. The molecule has 1 aromatic carbocycles. The Labute approximate surface area is 175 Å². The summed E-state index contributed by atoms with van der Waals surface area (Å²) in [5.74, 6) is 2.39. The van der Waals surface area contributed by atoms with Crippen molar-refractivity contribution in [2.24, 2.45) is 5.73 Å². The van der Waals surface area contributed by atoms with Crippen molar-refractivity contribution in [3.8, 4) is 12.3 Å². The van der Waals surface area contributed by atoms with E-state index in [-0.39, 0.29) is 29.9 Å². The Morgan fingerprint density at radius 3 is 2.73 bits per heavy atom. The molecule has 1 aliphatic heterocycles. The summed E-state index contributed by atoms with van der Waals surface area (Å²) in [5, 5.41) is 8.72. The van der Waals surface area contributed by atoms with Crippen molar-refractivity contribution in [2.45, 2.75) is 25.3 Å². The summed E-state index contributed by atoms with van der Waals surface area (Å²) >= 11 is 0. The number of benzene rings is 1. The van der Waals surface area contributed by atoms with Gasteiger partial charge in [-0.2, -0.15) is 4.98 Å². The number of aromatic nitrogens is 2. The Morgan fingerprint density at radius 2 is 2.07 bits per heavy atom. The number of primary amides is 1. The lowest BCUT2D eigenvalue weighted by molar-refractivity contribution is -0.122. The first-order valence-corrected chi connectivity index (χ1v) is 9.73. The van der Waals surface area contributed by atoms with Crippen LogP contribution in [-0.2, 0) is 4.79 Å². The van der Waals surface area contributed by atoms with Crippen molar-refractivity contribution >= 4 is 35.0 Å². The van der Waals surface area contributed by atoms with Crippen LogP contribution in [0.2, 0.25) is 0 Å². The molecule has 2 heterocycles. The standard InChI is InChI=1S/C21H25N7O2/c1-3-11-24-19-16(18(22)29)13-25-21(27-19)26-14-7-9-15(10-8-14)28-12-5-4-6-17(28)20(30)23-2/h1,7-10,13,17H,4-6,11-12H2,2H3,(H2,22,29)(H,23,30)(H2,24,25,26,27). The van der Waals surface area contributed by atoms with Gasteiger partial charge in [-0.1, -0.05) is 5.92 Å². The van der Waals surface area contributed by atoms with E-state index in [1.807, 2.05) is 24.3 Å². The monoisotopic (exact) mass is 407 g/mol. The molecular weight excluding hydrogens is 382 g/mol. The normalized spacial score (nSPS) is 15.7. The third-order valence-electron chi connectivity index (χ3n) is 4.92. The minimum atomic E-state index is -0.641. The molecule has 0 bridgehead atoms. The first-order valence-electron chi connectivity index (χ1n) is 9.73. The second-order valence-electron chi connectivity index (χ2n) is 6.87. The van der Waals surface area contributed by atoms with Gasteiger partial charge in [-0.25, -0.2) is 4.98 Å². The summed E-state index contributed by atoms with van der Waals surface area (Å²) in [6.45, 7) is 1.04. The molecule has 0 aliphatic carbocycles. The van der Waals surface area contributed by atoms with Crippen molar-refractivity contribution in [2.75, 3.05) is 35.7 Å². The third kappa shape index (κ3) is 4.78. The van der Waals surface area contributed by atoms with E-state index < -0.39 is 5.91 Å². The second-order valence-corrected chi connectivity index (χ2v) is 6.87. The molecule has 1 aliphatic rings. The van der Waals surface area contributed by atoms with Crippen LogP contribution in [0, 0.1) is 12.3 Å². The maximum atomic E-state index is 12.2. The Bertz CT molecular complexity index is 953. The topological polar surface area (TPSA) is 125 Å². The number of rotatable bonds is 7. The Morgan fingerprint density at radius 1 is 1.30 bits per heavy atom. The number of likely N-dealkylation sites (N-methyl/N-ethyl adjacent to an activating group) is 1. The van der Waals surface area contributed by atoms with Gasteiger partial charge in [-0.15, -0.1) is 6.42 Å². The molecule has 0 saturated carbocycles. The zero-order valence-electron chi connectivity index (χ0n) is 16.8. The number of carbonyl (C=O) groups is 2. The first kappa shape index (κ1) is 20.9. The minimum Gasteiger partial charge on any atom is -0.365 e. The van der Waals surface area contributed by atoms with Crippen LogP contribution in [0.4, 0.5) is 23.1 Å². The lowest BCUT2D eigenvalue weighted by atomic mass is 10.0. The Balaban J connectivity index is 1.76. The predicted molar refractivity (Wildman–Crippen MR) is 117 cm³/mol. The van der Waals surface area contributed by atoms with Crippen molar-refractivity contribution in [3.63, 3.8) is 0 Å². The zero-order chi connectivity index (χ0) is 21.5. The van der Waals surface area contributed by atoms with Crippen molar-refractivity contribution < 1.29 is 9.59 Å². The van der Waals surface area contributed by atoms with E-state index in [1.54, 1.807) is 7.05 Å². The van der Waals surface area contributed by atoms with Gasteiger partial charge >= 0.3 is 0 Å². The molecule has 3 rings (SSSR count). The summed E-state index contributed by atoms with van der Waals surface area (Å²) in [6, 6.07) is 7.55. The average molecular weight is 407 g/mol. The molecule has 0 radical (unpaired) electrons. The molecule has 1 atom stereocenters. The fraction of sp³-hybridized carbons (Fsp3) is 0.333. The molecule has 9 heteroatoms. The molecule has 1 saturated heterocycles.